The predicted molar refractivity (Wildman–Crippen MR) is 49.3 cm³/mol. The zero-order valence-electron chi connectivity index (χ0n) is 7.60. The molecule has 0 bridgehead atoms. The third-order valence-electron chi connectivity index (χ3n) is 1.46. The number of carbonyl (C=O) groups is 2. The van der Waals surface area contributed by atoms with E-state index < -0.39 is 27.5 Å². The summed E-state index contributed by atoms with van der Waals surface area (Å²) in [7, 11) is -3.45. The van der Waals surface area contributed by atoms with Gasteiger partial charge in [0.2, 0.25) is 5.91 Å². The molecule has 0 heterocycles. The van der Waals surface area contributed by atoms with Gasteiger partial charge in [-0.15, -0.1) is 0 Å². The summed E-state index contributed by atoms with van der Waals surface area (Å²) in [6, 6.07) is 0. The molecule has 0 saturated carbocycles. The number of hydrogen-bond acceptors (Lipinski definition) is 4. The van der Waals surface area contributed by atoms with Crippen molar-refractivity contribution >= 4 is 21.7 Å². The van der Waals surface area contributed by atoms with Crippen molar-refractivity contribution in [3.8, 4) is 0 Å². The number of primary amides is 1. The Morgan fingerprint density at radius 3 is 2.21 bits per heavy atom. The number of carbonyl (C=O) groups excluding carboxylic acids is 1. The van der Waals surface area contributed by atoms with Gasteiger partial charge in [0.15, 0.2) is 9.84 Å². The van der Waals surface area contributed by atoms with Crippen LogP contribution in [-0.2, 0) is 19.4 Å². The van der Waals surface area contributed by atoms with E-state index in [9.17, 15) is 18.0 Å². The molecule has 14 heavy (non-hydrogen) atoms. The van der Waals surface area contributed by atoms with Crippen LogP contribution in [0.15, 0.2) is 0 Å². The van der Waals surface area contributed by atoms with Gasteiger partial charge in [0.05, 0.1) is 5.75 Å². The number of hydrogen-bond donors (Lipinski definition) is 2. The molecule has 0 saturated heterocycles. The summed E-state index contributed by atoms with van der Waals surface area (Å²) in [5.74, 6) is -2.70. The molecular formula is C7H13NO5S. The third-order valence-corrected chi connectivity index (χ3v) is 3.09. The molecule has 0 aliphatic heterocycles. The average Bonchev–Trinajstić information content (AvgIpc) is 1.95. The minimum atomic E-state index is -3.45. The second-order valence-electron chi connectivity index (χ2n) is 2.91. The highest BCUT2D eigenvalue weighted by Crippen LogP contribution is 2.00. The Hall–Kier alpha value is -1.11. The Morgan fingerprint density at radius 1 is 1.21 bits per heavy atom. The van der Waals surface area contributed by atoms with E-state index in [0.29, 0.717) is 0 Å². The molecule has 0 aromatic carbocycles. The van der Waals surface area contributed by atoms with Gasteiger partial charge in [-0.3, -0.25) is 9.59 Å². The Balaban J connectivity index is 3.78. The summed E-state index contributed by atoms with van der Waals surface area (Å²) in [5.41, 5.74) is 4.72. The van der Waals surface area contributed by atoms with Crippen LogP contribution in [0.25, 0.3) is 0 Å². The number of sulfone groups is 1. The van der Waals surface area contributed by atoms with Crippen LogP contribution in [0.4, 0.5) is 0 Å². The number of nitrogens with two attached hydrogens (primary N) is 1. The van der Waals surface area contributed by atoms with Crippen molar-refractivity contribution in [3.63, 3.8) is 0 Å². The summed E-state index contributed by atoms with van der Waals surface area (Å²) < 4.78 is 22.1. The first-order valence-electron chi connectivity index (χ1n) is 4.04. The van der Waals surface area contributed by atoms with Crippen molar-refractivity contribution in [2.24, 2.45) is 5.73 Å². The van der Waals surface area contributed by atoms with Crippen LogP contribution in [0.1, 0.15) is 19.3 Å². The lowest BCUT2D eigenvalue weighted by Gasteiger charge is -2.00. The van der Waals surface area contributed by atoms with E-state index in [1.807, 2.05) is 0 Å². The van der Waals surface area contributed by atoms with E-state index in [2.05, 4.69) is 0 Å². The normalized spacial score (nSPS) is 11.1. The molecule has 3 N–H and O–H groups in total. The Kier molecular flexibility index (Phi) is 5.14. The van der Waals surface area contributed by atoms with Gasteiger partial charge in [-0.25, -0.2) is 8.42 Å². The van der Waals surface area contributed by atoms with Crippen molar-refractivity contribution in [1.82, 2.24) is 0 Å². The first-order valence-corrected chi connectivity index (χ1v) is 5.86. The average molecular weight is 223 g/mol. The lowest BCUT2D eigenvalue weighted by Crippen LogP contribution is -2.25. The van der Waals surface area contributed by atoms with E-state index in [-0.39, 0.29) is 25.0 Å². The number of aliphatic carboxylic acids is 1. The largest absolute Gasteiger partial charge is 0.481 e. The lowest BCUT2D eigenvalue weighted by molar-refractivity contribution is -0.137. The molecular weight excluding hydrogens is 210 g/mol. The van der Waals surface area contributed by atoms with Gasteiger partial charge in [-0.2, -0.15) is 0 Å². The summed E-state index contributed by atoms with van der Waals surface area (Å²) in [4.78, 5) is 20.4. The monoisotopic (exact) mass is 223 g/mol. The molecule has 0 rings (SSSR count). The molecule has 0 aliphatic rings. The minimum Gasteiger partial charge on any atom is -0.481 e. The number of rotatable bonds is 7. The van der Waals surface area contributed by atoms with Crippen LogP contribution < -0.4 is 5.73 Å². The highest BCUT2D eigenvalue weighted by molar-refractivity contribution is 7.92. The molecule has 82 valence electrons. The topological polar surface area (TPSA) is 115 Å². The van der Waals surface area contributed by atoms with Crippen LogP contribution in [0.3, 0.4) is 0 Å². The summed E-state index contributed by atoms with van der Waals surface area (Å²) >= 11 is 0. The molecule has 0 unspecified atom stereocenters. The van der Waals surface area contributed by atoms with Crippen LogP contribution in [0.2, 0.25) is 0 Å². The van der Waals surface area contributed by atoms with Crippen LogP contribution in [0, 0.1) is 0 Å². The van der Waals surface area contributed by atoms with Gasteiger partial charge in [0, 0.05) is 6.42 Å². The second kappa shape index (κ2) is 5.58. The fraction of sp³-hybridized carbons (Fsp3) is 0.714. The molecule has 7 heteroatoms. The van der Waals surface area contributed by atoms with Gasteiger partial charge in [0.25, 0.3) is 0 Å². The maximum Gasteiger partial charge on any atom is 0.303 e. The zero-order valence-corrected chi connectivity index (χ0v) is 8.42. The smallest absolute Gasteiger partial charge is 0.303 e. The quantitative estimate of drug-likeness (QED) is 0.545. The molecule has 6 nitrogen and oxygen atoms in total. The van der Waals surface area contributed by atoms with Crippen LogP contribution >= 0.6 is 0 Å². The first kappa shape index (κ1) is 12.9. The molecule has 0 atom stereocenters. The minimum absolute atomic E-state index is 0.0634. The van der Waals surface area contributed by atoms with E-state index in [1.165, 1.54) is 0 Å². The number of carboxylic acid groups (broad SMARTS) is 1. The highest BCUT2D eigenvalue weighted by Gasteiger charge is 2.13. The summed E-state index contributed by atoms with van der Waals surface area (Å²) in [5, 5.41) is 8.26. The lowest BCUT2D eigenvalue weighted by atomic mass is 10.3. The Morgan fingerprint density at radius 2 is 1.79 bits per heavy atom. The van der Waals surface area contributed by atoms with Gasteiger partial charge in [-0.05, 0) is 12.8 Å². The van der Waals surface area contributed by atoms with Crippen molar-refractivity contribution < 1.29 is 23.1 Å². The fourth-order valence-electron chi connectivity index (χ4n) is 0.887. The maximum absolute atomic E-state index is 11.0. The molecule has 0 aliphatic carbocycles. The van der Waals surface area contributed by atoms with Gasteiger partial charge in [0.1, 0.15) is 5.75 Å². The van der Waals surface area contributed by atoms with Crippen molar-refractivity contribution in [3.05, 3.63) is 0 Å². The fourth-order valence-corrected chi connectivity index (χ4v) is 2.11. The maximum atomic E-state index is 11.0. The Labute approximate surface area is 82.0 Å². The SMILES string of the molecule is NC(=O)CS(=O)(=O)CCCCC(=O)O. The molecule has 0 radical (unpaired) electrons. The van der Waals surface area contributed by atoms with Gasteiger partial charge in [-0.1, -0.05) is 0 Å². The van der Waals surface area contributed by atoms with Crippen LogP contribution in [-0.4, -0.2) is 36.9 Å². The van der Waals surface area contributed by atoms with E-state index in [1.54, 1.807) is 0 Å². The summed E-state index contributed by atoms with van der Waals surface area (Å²) in [6.07, 6.45) is 0.460. The molecule has 0 spiro atoms. The molecule has 1 amide bonds. The molecule has 0 fully saturated rings. The van der Waals surface area contributed by atoms with Gasteiger partial charge < -0.3 is 10.8 Å². The number of unbranched alkanes of at least 4 members (excludes halogenated alkanes) is 1. The number of carboxylic acids is 1. The summed E-state index contributed by atoms with van der Waals surface area (Å²) in [6.45, 7) is 0. The van der Waals surface area contributed by atoms with Crippen molar-refractivity contribution in [2.75, 3.05) is 11.5 Å². The van der Waals surface area contributed by atoms with Crippen molar-refractivity contribution in [1.29, 1.82) is 0 Å². The molecule has 0 aromatic rings. The standard InChI is InChI=1S/C7H13NO5S/c8-6(9)5-14(12,13)4-2-1-3-7(10)11/h1-5H2,(H2,8,9)(H,10,11). The van der Waals surface area contributed by atoms with E-state index >= 15 is 0 Å². The third kappa shape index (κ3) is 7.53. The molecule has 0 aromatic heterocycles. The van der Waals surface area contributed by atoms with Gasteiger partial charge >= 0.3 is 5.97 Å². The van der Waals surface area contributed by atoms with Crippen LogP contribution in [0.5, 0.6) is 0 Å². The van der Waals surface area contributed by atoms with E-state index in [4.69, 9.17) is 10.8 Å². The van der Waals surface area contributed by atoms with E-state index in [0.717, 1.165) is 0 Å². The zero-order chi connectivity index (χ0) is 11.2. The first-order chi connectivity index (χ1) is 6.33. The highest BCUT2D eigenvalue weighted by atomic mass is 32.2. The number of amides is 1. The van der Waals surface area contributed by atoms with Crippen molar-refractivity contribution in [2.45, 2.75) is 19.3 Å². The predicted octanol–water partition coefficient (Wildman–Crippen LogP) is -0.859. The Bertz CT molecular complexity index is 308. The second-order valence-corrected chi connectivity index (χ2v) is 5.09.